The fourth-order valence-corrected chi connectivity index (χ4v) is 5.99. The zero-order valence-electron chi connectivity index (χ0n) is 22.5. The molecule has 8 nitrogen and oxygen atoms in total. The minimum absolute atomic E-state index is 0.0434. The van der Waals surface area contributed by atoms with Crippen LogP contribution in [0, 0.1) is 0 Å². The zero-order chi connectivity index (χ0) is 26.9. The third-order valence-corrected chi connectivity index (χ3v) is 8.99. The molecule has 1 aliphatic rings. The number of hydrogen-bond acceptors (Lipinski definition) is 7. The van der Waals surface area contributed by atoms with Gasteiger partial charge in [-0.2, -0.15) is 4.98 Å². The smallest absolute Gasteiger partial charge is 0.263 e. The van der Waals surface area contributed by atoms with Gasteiger partial charge >= 0.3 is 0 Å². The summed E-state index contributed by atoms with van der Waals surface area (Å²) in [6.07, 6.45) is 1.27. The maximum Gasteiger partial charge on any atom is 0.263 e. The first-order valence-electron chi connectivity index (χ1n) is 13.2. The van der Waals surface area contributed by atoms with Gasteiger partial charge < -0.3 is 9.42 Å². The van der Waals surface area contributed by atoms with Gasteiger partial charge in [0.15, 0.2) is 0 Å². The highest BCUT2D eigenvalue weighted by Crippen LogP contribution is 2.35. The molecule has 1 saturated heterocycles. The van der Waals surface area contributed by atoms with Crippen LogP contribution in [-0.4, -0.2) is 59.8 Å². The van der Waals surface area contributed by atoms with E-state index >= 15 is 0 Å². The molecule has 2 aromatic heterocycles. The van der Waals surface area contributed by atoms with Crippen molar-refractivity contribution in [2.24, 2.45) is 0 Å². The van der Waals surface area contributed by atoms with Crippen molar-refractivity contribution in [1.29, 1.82) is 0 Å². The van der Waals surface area contributed by atoms with Gasteiger partial charge in [-0.15, -0.1) is 0 Å². The fraction of sp³-hybridized carbons (Fsp3) is 0.414. The molecule has 0 saturated carbocycles. The van der Waals surface area contributed by atoms with Crippen molar-refractivity contribution in [1.82, 2.24) is 19.4 Å². The highest BCUT2D eigenvalue weighted by Gasteiger charge is 2.28. The van der Waals surface area contributed by atoms with Crippen LogP contribution < -0.4 is 4.90 Å². The molecule has 0 bridgehead atoms. The molecule has 0 aliphatic carbocycles. The SMILES string of the molecule is CCS(=O)(=O)N1CCCN(c2nc(Cc3ccccc3)nc3onc(-c4ccc(C(C)(C)C)cc4)c23)CC1. The van der Waals surface area contributed by atoms with Crippen LogP contribution in [-0.2, 0) is 21.9 Å². The van der Waals surface area contributed by atoms with Gasteiger partial charge in [-0.3, -0.25) is 0 Å². The Labute approximate surface area is 224 Å². The Kier molecular flexibility index (Phi) is 7.24. The van der Waals surface area contributed by atoms with Crippen LogP contribution in [0.15, 0.2) is 59.1 Å². The Morgan fingerprint density at radius 2 is 1.66 bits per heavy atom. The number of benzene rings is 2. The molecule has 1 aliphatic heterocycles. The lowest BCUT2D eigenvalue weighted by Gasteiger charge is -2.23. The molecule has 2 aromatic carbocycles. The number of nitrogens with zero attached hydrogens (tertiary/aromatic N) is 5. The van der Waals surface area contributed by atoms with E-state index in [1.807, 2.05) is 18.2 Å². The summed E-state index contributed by atoms with van der Waals surface area (Å²) in [5.74, 6) is 1.49. The molecule has 5 rings (SSSR count). The van der Waals surface area contributed by atoms with E-state index in [1.54, 1.807) is 11.2 Å². The van der Waals surface area contributed by atoms with Crippen molar-refractivity contribution < 1.29 is 12.9 Å². The highest BCUT2D eigenvalue weighted by atomic mass is 32.2. The van der Waals surface area contributed by atoms with E-state index in [0.717, 1.165) is 22.3 Å². The van der Waals surface area contributed by atoms with Gasteiger partial charge in [0.25, 0.3) is 5.71 Å². The summed E-state index contributed by atoms with van der Waals surface area (Å²) in [6.45, 7) is 10.4. The Hall–Kier alpha value is -3.30. The van der Waals surface area contributed by atoms with Crippen molar-refractivity contribution in [3.05, 3.63) is 71.5 Å². The second kappa shape index (κ2) is 10.5. The number of rotatable bonds is 6. The monoisotopic (exact) mass is 533 g/mol. The lowest BCUT2D eigenvalue weighted by atomic mass is 9.86. The zero-order valence-corrected chi connectivity index (χ0v) is 23.3. The average molecular weight is 534 g/mol. The summed E-state index contributed by atoms with van der Waals surface area (Å²) in [5, 5.41) is 5.20. The van der Waals surface area contributed by atoms with E-state index in [4.69, 9.17) is 14.5 Å². The Morgan fingerprint density at radius 1 is 0.921 bits per heavy atom. The molecule has 0 radical (unpaired) electrons. The molecule has 0 spiro atoms. The molecule has 0 amide bonds. The summed E-state index contributed by atoms with van der Waals surface area (Å²) in [7, 11) is -3.26. The topological polar surface area (TPSA) is 92.4 Å². The van der Waals surface area contributed by atoms with E-state index in [2.05, 4.69) is 67.2 Å². The lowest BCUT2D eigenvalue weighted by molar-refractivity contribution is 0.434. The van der Waals surface area contributed by atoms with E-state index in [9.17, 15) is 8.42 Å². The van der Waals surface area contributed by atoms with Gasteiger partial charge in [-0.05, 0) is 29.9 Å². The van der Waals surface area contributed by atoms with Crippen LogP contribution >= 0.6 is 0 Å². The molecule has 0 N–H and O–H groups in total. The number of sulfonamides is 1. The van der Waals surface area contributed by atoms with Crippen LogP contribution in [0.1, 0.15) is 51.1 Å². The van der Waals surface area contributed by atoms with E-state index in [1.165, 1.54) is 5.56 Å². The number of aromatic nitrogens is 3. The van der Waals surface area contributed by atoms with Gasteiger partial charge in [0, 0.05) is 38.2 Å². The van der Waals surface area contributed by atoms with Gasteiger partial charge in [0.05, 0.1) is 5.75 Å². The summed E-state index contributed by atoms with van der Waals surface area (Å²) in [4.78, 5) is 11.9. The van der Waals surface area contributed by atoms with Gasteiger partial charge in [-0.25, -0.2) is 17.7 Å². The third-order valence-electron chi connectivity index (χ3n) is 7.11. The molecular formula is C29H35N5O3S. The summed E-state index contributed by atoms with van der Waals surface area (Å²) in [5.41, 5.74) is 4.46. The summed E-state index contributed by atoms with van der Waals surface area (Å²) < 4.78 is 32.5. The number of anilines is 1. The van der Waals surface area contributed by atoms with Crippen molar-refractivity contribution in [2.75, 3.05) is 36.8 Å². The van der Waals surface area contributed by atoms with E-state index < -0.39 is 10.0 Å². The highest BCUT2D eigenvalue weighted by molar-refractivity contribution is 7.89. The van der Waals surface area contributed by atoms with Crippen LogP contribution in [0.3, 0.4) is 0 Å². The van der Waals surface area contributed by atoms with Crippen molar-refractivity contribution in [2.45, 2.75) is 46.0 Å². The maximum atomic E-state index is 12.6. The summed E-state index contributed by atoms with van der Waals surface area (Å²) >= 11 is 0. The van der Waals surface area contributed by atoms with E-state index in [-0.39, 0.29) is 11.2 Å². The fourth-order valence-electron chi connectivity index (χ4n) is 4.86. The third kappa shape index (κ3) is 5.44. The van der Waals surface area contributed by atoms with Gasteiger partial charge in [-0.1, -0.05) is 80.5 Å². The van der Waals surface area contributed by atoms with Crippen LogP contribution in [0.5, 0.6) is 0 Å². The predicted octanol–water partition coefficient (Wildman–Crippen LogP) is 5.03. The van der Waals surface area contributed by atoms with Crippen molar-refractivity contribution in [3.63, 3.8) is 0 Å². The first kappa shape index (κ1) is 26.3. The standard InChI is InChI=1S/C29H35N5O3S/c1-5-38(35,36)34-17-9-16-33(18-19-34)27-25-26(22-12-14-23(15-13-22)29(2,3)4)32-37-28(25)31-24(30-27)20-21-10-7-6-8-11-21/h6-8,10-15H,5,9,16-20H2,1-4H3. The molecule has 3 heterocycles. The second-order valence-corrected chi connectivity index (χ2v) is 13.1. The van der Waals surface area contributed by atoms with Gasteiger partial charge in [0.1, 0.15) is 22.7 Å². The first-order chi connectivity index (χ1) is 18.2. The minimum atomic E-state index is -3.26. The Bertz CT molecular complexity index is 1510. The Balaban J connectivity index is 1.58. The first-order valence-corrected chi connectivity index (χ1v) is 14.8. The molecule has 38 heavy (non-hydrogen) atoms. The normalized spacial score (nSPS) is 15.6. The maximum absolute atomic E-state index is 12.6. The van der Waals surface area contributed by atoms with Crippen LogP contribution in [0.4, 0.5) is 5.82 Å². The lowest BCUT2D eigenvalue weighted by Crippen LogP contribution is -2.36. The van der Waals surface area contributed by atoms with Crippen molar-refractivity contribution >= 4 is 26.9 Å². The van der Waals surface area contributed by atoms with Crippen LogP contribution in [0.25, 0.3) is 22.4 Å². The minimum Gasteiger partial charge on any atom is -0.354 e. The van der Waals surface area contributed by atoms with Crippen molar-refractivity contribution in [3.8, 4) is 11.3 Å². The number of hydrogen-bond donors (Lipinski definition) is 0. The van der Waals surface area contributed by atoms with Crippen LogP contribution in [0.2, 0.25) is 0 Å². The largest absolute Gasteiger partial charge is 0.354 e. The molecule has 4 aromatic rings. The summed E-state index contributed by atoms with van der Waals surface area (Å²) in [6, 6.07) is 18.5. The molecule has 1 fully saturated rings. The quantitative estimate of drug-likeness (QED) is 0.343. The average Bonchev–Trinajstić information content (AvgIpc) is 3.16. The molecule has 0 unspecified atom stereocenters. The van der Waals surface area contributed by atoms with Gasteiger partial charge in [0.2, 0.25) is 10.0 Å². The molecule has 9 heteroatoms. The molecule has 0 atom stereocenters. The number of fused-ring (bicyclic) bond motifs is 1. The molecule has 200 valence electrons. The Morgan fingerprint density at radius 3 is 2.34 bits per heavy atom. The predicted molar refractivity (Wildman–Crippen MR) is 151 cm³/mol. The van der Waals surface area contributed by atoms with E-state index in [0.29, 0.717) is 56.3 Å². The second-order valence-electron chi connectivity index (χ2n) is 10.8. The molecular weight excluding hydrogens is 498 g/mol.